The molecule has 0 unspecified atom stereocenters. The SMILES string of the molecule is CN1CCN(C(=O)C2CNC2)CC1. The number of piperazine rings is 1. The second-order valence-electron chi connectivity index (χ2n) is 3.98. The Balaban J connectivity index is 1.83. The molecular formula is C9H17N3O. The normalized spacial score (nSPS) is 25.8. The minimum atomic E-state index is 0.267. The van der Waals surface area contributed by atoms with E-state index in [2.05, 4.69) is 17.3 Å². The molecule has 0 radical (unpaired) electrons. The maximum atomic E-state index is 11.8. The van der Waals surface area contributed by atoms with E-state index in [0.29, 0.717) is 5.91 Å². The summed E-state index contributed by atoms with van der Waals surface area (Å²) in [6, 6.07) is 0. The molecule has 1 N–H and O–H groups in total. The van der Waals surface area contributed by atoms with E-state index in [1.165, 1.54) is 0 Å². The lowest BCUT2D eigenvalue weighted by Crippen LogP contribution is -2.56. The molecular weight excluding hydrogens is 166 g/mol. The van der Waals surface area contributed by atoms with Crippen molar-refractivity contribution in [2.45, 2.75) is 0 Å². The van der Waals surface area contributed by atoms with Gasteiger partial charge in [-0.2, -0.15) is 0 Å². The Morgan fingerprint density at radius 2 is 1.85 bits per heavy atom. The van der Waals surface area contributed by atoms with Gasteiger partial charge in [0.15, 0.2) is 0 Å². The zero-order chi connectivity index (χ0) is 9.26. The van der Waals surface area contributed by atoms with Gasteiger partial charge in [0.05, 0.1) is 5.92 Å². The highest BCUT2D eigenvalue weighted by atomic mass is 16.2. The first kappa shape index (κ1) is 8.97. The Labute approximate surface area is 78.9 Å². The van der Waals surface area contributed by atoms with E-state index in [0.717, 1.165) is 39.3 Å². The number of carbonyl (C=O) groups is 1. The van der Waals surface area contributed by atoms with Crippen LogP contribution in [0.2, 0.25) is 0 Å². The largest absolute Gasteiger partial charge is 0.340 e. The Morgan fingerprint density at radius 3 is 2.31 bits per heavy atom. The highest BCUT2D eigenvalue weighted by molar-refractivity contribution is 5.80. The Hall–Kier alpha value is -0.610. The van der Waals surface area contributed by atoms with Gasteiger partial charge in [0, 0.05) is 39.3 Å². The lowest BCUT2D eigenvalue weighted by molar-refractivity contribution is -0.138. The number of nitrogens with one attached hydrogen (secondary N) is 1. The second kappa shape index (κ2) is 3.64. The molecule has 74 valence electrons. The van der Waals surface area contributed by atoms with Crippen LogP contribution in [0, 0.1) is 5.92 Å². The summed E-state index contributed by atoms with van der Waals surface area (Å²) in [7, 11) is 2.10. The van der Waals surface area contributed by atoms with Crippen LogP contribution in [0.25, 0.3) is 0 Å². The van der Waals surface area contributed by atoms with Crippen molar-refractivity contribution in [1.29, 1.82) is 0 Å². The average molecular weight is 183 g/mol. The standard InChI is InChI=1S/C9H17N3O/c1-11-2-4-12(5-3-11)9(13)8-6-10-7-8/h8,10H,2-7H2,1H3. The van der Waals surface area contributed by atoms with E-state index < -0.39 is 0 Å². The second-order valence-corrected chi connectivity index (χ2v) is 3.98. The quantitative estimate of drug-likeness (QED) is 0.565. The molecule has 2 aliphatic heterocycles. The average Bonchev–Trinajstić information content (AvgIpc) is 2.02. The molecule has 1 amide bonds. The number of hydrogen-bond donors (Lipinski definition) is 1. The molecule has 2 heterocycles. The van der Waals surface area contributed by atoms with Gasteiger partial charge in [-0.3, -0.25) is 4.79 Å². The van der Waals surface area contributed by atoms with Crippen LogP contribution in [0.5, 0.6) is 0 Å². The predicted molar refractivity (Wildman–Crippen MR) is 50.4 cm³/mol. The van der Waals surface area contributed by atoms with Crippen LogP contribution >= 0.6 is 0 Å². The third kappa shape index (κ3) is 1.84. The van der Waals surface area contributed by atoms with Crippen LogP contribution in [-0.4, -0.2) is 62.0 Å². The van der Waals surface area contributed by atoms with Crippen LogP contribution in [-0.2, 0) is 4.79 Å². The highest BCUT2D eigenvalue weighted by Gasteiger charge is 2.30. The summed E-state index contributed by atoms with van der Waals surface area (Å²) in [6.45, 7) is 5.62. The molecule has 4 heteroatoms. The molecule has 13 heavy (non-hydrogen) atoms. The minimum Gasteiger partial charge on any atom is -0.340 e. The number of hydrogen-bond acceptors (Lipinski definition) is 3. The first-order valence-corrected chi connectivity index (χ1v) is 4.95. The topological polar surface area (TPSA) is 35.6 Å². The van der Waals surface area contributed by atoms with Crippen LogP contribution in [0.1, 0.15) is 0 Å². The van der Waals surface area contributed by atoms with Gasteiger partial charge in [0.1, 0.15) is 0 Å². The summed E-state index contributed by atoms with van der Waals surface area (Å²) in [5, 5.41) is 3.13. The van der Waals surface area contributed by atoms with Crippen molar-refractivity contribution in [2.24, 2.45) is 5.92 Å². The molecule has 4 nitrogen and oxygen atoms in total. The van der Waals surface area contributed by atoms with Gasteiger partial charge < -0.3 is 15.1 Å². The molecule has 0 aromatic rings. The van der Waals surface area contributed by atoms with Crippen molar-refractivity contribution in [3.8, 4) is 0 Å². The van der Waals surface area contributed by atoms with Gasteiger partial charge in [-0.1, -0.05) is 0 Å². The van der Waals surface area contributed by atoms with Crippen molar-refractivity contribution in [3.63, 3.8) is 0 Å². The number of carbonyl (C=O) groups excluding carboxylic acids is 1. The van der Waals surface area contributed by atoms with Crippen molar-refractivity contribution in [1.82, 2.24) is 15.1 Å². The number of nitrogens with zero attached hydrogens (tertiary/aromatic N) is 2. The van der Waals surface area contributed by atoms with Crippen LogP contribution < -0.4 is 5.32 Å². The van der Waals surface area contributed by atoms with E-state index in [4.69, 9.17) is 0 Å². The molecule has 0 aromatic carbocycles. The van der Waals surface area contributed by atoms with E-state index in [1.807, 2.05) is 4.90 Å². The van der Waals surface area contributed by atoms with E-state index in [9.17, 15) is 4.79 Å². The molecule has 0 aliphatic carbocycles. The Bertz CT molecular complexity index is 195. The van der Waals surface area contributed by atoms with Crippen molar-refractivity contribution in [2.75, 3.05) is 46.3 Å². The third-order valence-corrected chi connectivity index (χ3v) is 2.95. The van der Waals surface area contributed by atoms with Gasteiger partial charge in [-0.15, -0.1) is 0 Å². The lowest BCUT2D eigenvalue weighted by atomic mass is 10.0. The maximum Gasteiger partial charge on any atom is 0.228 e. The van der Waals surface area contributed by atoms with Crippen molar-refractivity contribution < 1.29 is 4.79 Å². The molecule has 2 fully saturated rings. The van der Waals surface area contributed by atoms with Crippen LogP contribution in [0.3, 0.4) is 0 Å². The summed E-state index contributed by atoms with van der Waals surface area (Å²) in [5.74, 6) is 0.621. The summed E-state index contributed by atoms with van der Waals surface area (Å²) in [4.78, 5) is 16.0. The van der Waals surface area contributed by atoms with E-state index >= 15 is 0 Å². The van der Waals surface area contributed by atoms with Gasteiger partial charge in [-0.05, 0) is 7.05 Å². The zero-order valence-corrected chi connectivity index (χ0v) is 8.12. The fourth-order valence-corrected chi connectivity index (χ4v) is 1.75. The highest BCUT2D eigenvalue weighted by Crippen LogP contribution is 2.10. The van der Waals surface area contributed by atoms with Gasteiger partial charge >= 0.3 is 0 Å². The molecule has 0 saturated carbocycles. The summed E-state index contributed by atoms with van der Waals surface area (Å²) < 4.78 is 0. The van der Waals surface area contributed by atoms with Gasteiger partial charge in [0.25, 0.3) is 0 Å². The van der Waals surface area contributed by atoms with Crippen LogP contribution in [0.15, 0.2) is 0 Å². The summed E-state index contributed by atoms with van der Waals surface area (Å²) in [5.41, 5.74) is 0. The minimum absolute atomic E-state index is 0.267. The first-order valence-electron chi connectivity index (χ1n) is 4.95. The molecule has 0 spiro atoms. The molecule has 2 rings (SSSR count). The van der Waals surface area contributed by atoms with E-state index in [-0.39, 0.29) is 5.92 Å². The molecule has 0 aromatic heterocycles. The summed E-state index contributed by atoms with van der Waals surface area (Å²) >= 11 is 0. The van der Waals surface area contributed by atoms with Crippen molar-refractivity contribution in [3.05, 3.63) is 0 Å². The monoisotopic (exact) mass is 183 g/mol. The lowest BCUT2D eigenvalue weighted by Gasteiger charge is -2.37. The predicted octanol–water partition coefficient (Wildman–Crippen LogP) is -1.02. The summed E-state index contributed by atoms with van der Waals surface area (Å²) in [6.07, 6.45) is 0. The number of likely N-dealkylation sites (N-methyl/N-ethyl adjacent to an activating group) is 1. The van der Waals surface area contributed by atoms with Crippen LogP contribution in [0.4, 0.5) is 0 Å². The fourth-order valence-electron chi connectivity index (χ4n) is 1.75. The first-order chi connectivity index (χ1) is 6.27. The maximum absolute atomic E-state index is 11.8. The number of rotatable bonds is 1. The van der Waals surface area contributed by atoms with Crippen molar-refractivity contribution >= 4 is 5.91 Å². The Morgan fingerprint density at radius 1 is 1.23 bits per heavy atom. The smallest absolute Gasteiger partial charge is 0.228 e. The molecule has 2 aliphatic rings. The van der Waals surface area contributed by atoms with E-state index in [1.54, 1.807) is 0 Å². The van der Waals surface area contributed by atoms with Gasteiger partial charge in [0.2, 0.25) is 5.91 Å². The zero-order valence-electron chi connectivity index (χ0n) is 8.12. The molecule has 0 atom stereocenters. The molecule has 0 bridgehead atoms. The number of amides is 1. The van der Waals surface area contributed by atoms with Gasteiger partial charge in [-0.25, -0.2) is 0 Å². The third-order valence-electron chi connectivity index (χ3n) is 2.95. The molecule has 2 saturated heterocycles. The Kier molecular flexibility index (Phi) is 2.51. The fraction of sp³-hybridized carbons (Fsp3) is 0.889.